The van der Waals surface area contributed by atoms with E-state index in [0.717, 1.165) is 30.8 Å². The molecule has 0 unspecified atom stereocenters. The molecule has 0 bridgehead atoms. The van der Waals surface area contributed by atoms with E-state index in [1.54, 1.807) is 4.90 Å². The first-order chi connectivity index (χ1) is 9.89. The van der Waals surface area contributed by atoms with Crippen molar-refractivity contribution >= 4 is 11.8 Å². The number of rotatable bonds is 1. The van der Waals surface area contributed by atoms with Gasteiger partial charge in [0.15, 0.2) is 0 Å². The van der Waals surface area contributed by atoms with Crippen molar-refractivity contribution in [3.63, 3.8) is 0 Å². The molecule has 0 spiro atoms. The van der Waals surface area contributed by atoms with Gasteiger partial charge in [-0.1, -0.05) is 0 Å². The van der Waals surface area contributed by atoms with E-state index < -0.39 is 12.1 Å². The molecule has 0 aromatic rings. The van der Waals surface area contributed by atoms with E-state index in [1.807, 2.05) is 0 Å². The molecule has 2 heterocycles. The molecule has 0 atom stereocenters. The second-order valence-corrected chi connectivity index (χ2v) is 5.49. The predicted octanol–water partition coefficient (Wildman–Crippen LogP) is 0.609. The first-order valence-corrected chi connectivity index (χ1v) is 7.25. The van der Waals surface area contributed by atoms with Crippen LogP contribution in [0.2, 0.25) is 0 Å². The minimum Gasteiger partial charge on any atom is -0.341 e. The van der Waals surface area contributed by atoms with Crippen LogP contribution in [0.25, 0.3) is 0 Å². The Hall–Kier alpha value is -1.31. The molecule has 0 aromatic carbocycles. The number of carbonyl (C=O) groups is 2. The van der Waals surface area contributed by atoms with Crippen LogP contribution in [0, 0.1) is 5.92 Å². The Bertz CT molecular complexity index is 395. The zero-order valence-electron chi connectivity index (χ0n) is 11.8. The van der Waals surface area contributed by atoms with E-state index in [4.69, 9.17) is 0 Å². The average molecular weight is 307 g/mol. The molecular weight excluding hydrogens is 287 g/mol. The van der Waals surface area contributed by atoms with Gasteiger partial charge in [-0.3, -0.25) is 9.59 Å². The molecule has 1 N–H and O–H groups in total. The van der Waals surface area contributed by atoms with Gasteiger partial charge in [0.1, 0.15) is 0 Å². The third kappa shape index (κ3) is 4.09. The highest BCUT2D eigenvalue weighted by Crippen LogP contribution is 2.21. The fraction of sp³-hybridized carbons (Fsp3) is 0.846. The summed E-state index contributed by atoms with van der Waals surface area (Å²) < 4.78 is 37.3. The van der Waals surface area contributed by atoms with Crippen molar-refractivity contribution in [2.45, 2.75) is 25.4 Å². The largest absolute Gasteiger partial charge is 0.471 e. The number of hydrogen-bond donors (Lipinski definition) is 1. The second kappa shape index (κ2) is 6.64. The average Bonchev–Trinajstić information content (AvgIpc) is 2.71. The van der Waals surface area contributed by atoms with Crippen LogP contribution in [-0.4, -0.2) is 67.1 Å². The van der Waals surface area contributed by atoms with Crippen LogP contribution in [0.3, 0.4) is 0 Å². The fourth-order valence-corrected chi connectivity index (χ4v) is 2.85. The molecule has 2 fully saturated rings. The maximum Gasteiger partial charge on any atom is 0.471 e. The molecule has 2 rings (SSSR count). The first kappa shape index (κ1) is 16.1. The number of halogens is 3. The lowest BCUT2D eigenvalue weighted by Crippen LogP contribution is -2.45. The van der Waals surface area contributed by atoms with Crippen molar-refractivity contribution in [2.24, 2.45) is 5.92 Å². The lowest BCUT2D eigenvalue weighted by Gasteiger charge is -2.29. The zero-order valence-corrected chi connectivity index (χ0v) is 11.8. The highest BCUT2D eigenvalue weighted by Gasteiger charge is 2.43. The molecule has 8 heteroatoms. The van der Waals surface area contributed by atoms with E-state index in [2.05, 4.69) is 5.32 Å². The van der Waals surface area contributed by atoms with E-state index in [-0.39, 0.29) is 31.5 Å². The summed E-state index contributed by atoms with van der Waals surface area (Å²) in [5, 5.41) is 3.17. The van der Waals surface area contributed by atoms with E-state index in [0.29, 0.717) is 13.0 Å². The third-order valence-electron chi connectivity index (χ3n) is 4.03. The predicted molar refractivity (Wildman–Crippen MR) is 69.4 cm³/mol. The number of amides is 2. The Morgan fingerprint density at radius 2 is 1.52 bits per heavy atom. The monoisotopic (exact) mass is 307 g/mol. The van der Waals surface area contributed by atoms with Crippen LogP contribution in [-0.2, 0) is 9.59 Å². The Labute approximate surface area is 121 Å². The molecule has 5 nitrogen and oxygen atoms in total. The van der Waals surface area contributed by atoms with Crippen molar-refractivity contribution in [3.8, 4) is 0 Å². The van der Waals surface area contributed by atoms with E-state index in [1.165, 1.54) is 0 Å². The molecule has 2 saturated heterocycles. The van der Waals surface area contributed by atoms with E-state index >= 15 is 0 Å². The van der Waals surface area contributed by atoms with Gasteiger partial charge in [-0.05, 0) is 32.4 Å². The van der Waals surface area contributed by atoms with Gasteiger partial charge in [-0.25, -0.2) is 0 Å². The fourth-order valence-electron chi connectivity index (χ4n) is 2.85. The van der Waals surface area contributed by atoms with Crippen LogP contribution in [0.1, 0.15) is 19.3 Å². The molecule has 2 amide bonds. The lowest BCUT2D eigenvalue weighted by atomic mass is 9.96. The lowest BCUT2D eigenvalue weighted by molar-refractivity contribution is -0.185. The normalized spacial score (nSPS) is 22.0. The highest BCUT2D eigenvalue weighted by molar-refractivity contribution is 5.82. The molecule has 2 aliphatic heterocycles. The number of carbonyl (C=O) groups excluding carboxylic acids is 2. The summed E-state index contributed by atoms with van der Waals surface area (Å²) in [7, 11) is 0. The number of piperidine rings is 1. The molecule has 0 aliphatic carbocycles. The van der Waals surface area contributed by atoms with Gasteiger partial charge in [0.2, 0.25) is 5.91 Å². The first-order valence-electron chi connectivity index (χ1n) is 7.25. The maximum atomic E-state index is 12.4. The SMILES string of the molecule is O=C(C1CCNCC1)N1CCCN(C(=O)C(F)(F)F)CC1. The number of hydrogen-bond acceptors (Lipinski definition) is 3. The van der Waals surface area contributed by atoms with Gasteiger partial charge in [0, 0.05) is 32.1 Å². The highest BCUT2D eigenvalue weighted by atomic mass is 19.4. The van der Waals surface area contributed by atoms with E-state index in [9.17, 15) is 22.8 Å². The van der Waals surface area contributed by atoms with Crippen LogP contribution >= 0.6 is 0 Å². The summed E-state index contributed by atoms with van der Waals surface area (Å²) in [6.07, 6.45) is -2.92. The quantitative estimate of drug-likeness (QED) is 0.772. The topological polar surface area (TPSA) is 52.7 Å². The second-order valence-electron chi connectivity index (χ2n) is 5.49. The summed E-state index contributed by atoms with van der Waals surface area (Å²) in [5.74, 6) is -1.84. The van der Waals surface area contributed by atoms with Crippen molar-refractivity contribution in [2.75, 3.05) is 39.3 Å². The Kier molecular flexibility index (Phi) is 5.08. The van der Waals surface area contributed by atoms with Gasteiger partial charge < -0.3 is 15.1 Å². The third-order valence-corrected chi connectivity index (χ3v) is 4.03. The summed E-state index contributed by atoms with van der Waals surface area (Å²) in [5.41, 5.74) is 0. The van der Waals surface area contributed by atoms with Gasteiger partial charge in [-0.15, -0.1) is 0 Å². The Morgan fingerprint density at radius 1 is 0.952 bits per heavy atom. The van der Waals surface area contributed by atoms with Gasteiger partial charge in [0.05, 0.1) is 0 Å². The molecule has 0 aromatic heterocycles. The molecule has 0 saturated carbocycles. The standard InChI is InChI=1S/C13H20F3N3O2/c14-13(15,16)12(21)19-7-1-6-18(8-9-19)11(20)10-2-4-17-5-3-10/h10,17H,1-9H2. The van der Waals surface area contributed by atoms with Crippen molar-refractivity contribution in [1.29, 1.82) is 0 Å². The molecule has 0 radical (unpaired) electrons. The summed E-state index contributed by atoms with van der Waals surface area (Å²) in [4.78, 5) is 26.0. The molecule has 21 heavy (non-hydrogen) atoms. The van der Waals surface area contributed by atoms with Gasteiger partial charge >= 0.3 is 12.1 Å². The molecule has 120 valence electrons. The minimum atomic E-state index is -4.84. The molecule has 2 aliphatic rings. The number of nitrogens with zero attached hydrogens (tertiary/aromatic N) is 2. The van der Waals surface area contributed by atoms with Gasteiger partial charge in [0.25, 0.3) is 0 Å². The summed E-state index contributed by atoms with van der Waals surface area (Å²) in [6, 6.07) is 0. The summed E-state index contributed by atoms with van der Waals surface area (Å²) >= 11 is 0. The van der Waals surface area contributed by atoms with Crippen molar-refractivity contribution in [3.05, 3.63) is 0 Å². The van der Waals surface area contributed by atoms with Crippen LogP contribution < -0.4 is 5.32 Å². The smallest absolute Gasteiger partial charge is 0.341 e. The number of alkyl halides is 3. The Balaban J connectivity index is 1.91. The minimum absolute atomic E-state index is 0.0119. The van der Waals surface area contributed by atoms with Crippen molar-refractivity contribution in [1.82, 2.24) is 15.1 Å². The Morgan fingerprint density at radius 3 is 2.14 bits per heavy atom. The maximum absolute atomic E-state index is 12.4. The number of nitrogens with one attached hydrogen (secondary N) is 1. The van der Waals surface area contributed by atoms with Crippen LogP contribution in [0.5, 0.6) is 0 Å². The van der Waals surface area contributed by atoms with Gasteiger partial charge in [-0.2, -0.15) is 13.2 Å². The van der Waals surface area contributed by atoms with Crippen molar-refractivity contribution < 1.29 is 22.8 Å². The zero-order chi connectivity index (χ0) is 15.5. The molecular formula is C13H20F3N3O2. The van der Waals surface area contributed by atoms with Crippen LogP contribution in [0.4, 0.5) is 13.2 Å². The summed E-state index contributed by atoms with van der Waals surface area (Å²) in [6.45, 7) is 2.20. The van der Waals surface area contributed by atoms with Crippen LogP contribution in [0.15, 0.2) is 0 Å².